The van der Waals surface area contributed by atoms with Crippen LogP contribution in [-0.2, 0) is 19.1 Å². The largest absolute Gasteiger partial charge is 0.480 e. The Hall–Kier alpha value is -2.89. The minimum Gasteiger partial charge on any atom is -0.480 e. The number of nitrogens with one attached hydrogen (secondary N) is 1. The minimum absolute atomic E-state index is 0.00323. The summed E-state index contributed by atoms with van der Waals surface area (Å²) in [7, 11) is 0. The van der Waals surface area contributed by atoms with Crippen LogP contribution in [0.3, 0.4) is 0 Å². The summed E-state index contributed by atoms with van der Waals surface area (Å²) in [5.41, 5.74) is 0. The van der Waals surface area contributed by atoms with Crippen molar-refractivity contribution in [1.29, 1.82) is 0 Å². The summed E-state index contributed by atoms with van der Waals surface area (Å²) in [6.45, 7) is 4.12. The van der Waals surface area contributed by atoms with Crippen molar-refractivity contribution in [2.24, 2.45) is 0 Å². The molecule has 58 heavy (non-hydrogen) atoms. The van der Waals surface area contributed by atoms with Crippen molar-refractivity contribution >= 4 is 17.8 Å². The zero-order chi connectivity index (χ0) is 42.3. The molecule has 1 atom stereocenters. The number of amides is 1. The lowest BCUT2D eigenvalue weighted by molar-refractivity contribution is -0.150. The van der Waals surface area contributed by atoms with Crippen LogP contribution >= 0.6 is 0 Å². The average molecular weight is 810 g/mol. The maximum Gasteiger partial charge on any atom is 0.322 e. The molecule has 0 aromatic rings. The van der Waals surface area contributed by atoms with Gasteiger partial charge in [0.15, 0.2) is 0 Å². The maximum absolute atomic E-state index is 12.8. The summed E-state index contributed by atoms with van der Waals surface area (Å²) in [4.78, 5) is 35.2. The molecule has 0 aliphatic rings. The van der Waals surface area contributed by atoms with Crippen LogP contribution in [0.1, 0.15) is 239 Å². The number of allylic oxidation sites excluding steroid dienone is 10. The van der Waals surface area contributed by atoms with Gasteiger partial charge in [-0.2, -0.15) is 0 Å². The Bertz CT molecular complexity index is 1070. The topological polar surface area (TPSA) is 92.7 Å². The number of carbonyl (C=O) groups excluding carboxylic acids is 2. The Balaban J connectivity index is 4.17. The van der Waals surface area contributed by atoms with E-state index < -0.39 is 5.97 Å². The molecule has 0 spiro atoms. The van der Waals surface area contributed by atoms with E-state index in [9.17, 15) is 14.4 Å². The van der Waals surface area contributed by atoms with Crippen molar-refractivity contribution in [3.8, 4) is 0 Å². The van der Waals surface area contributed by atoms with Crippen molar-refractivity contribution in [1.82, 2.24) is 5.32 Å². The van der Waals surface area contributed by atoms with Gasteiger partial charge >= 0.3 is 11.9 Å². The first-order valence-electron chi connectivity index (χ1n) is 24.4. The fraction of sp³-hybridized carbons (Fsp3) is 0.750. The van der Waals surface area contributed by atoms with Crippen LogP contribution in [0.15, 0.2) is 60.8 Å². The van der Waals surface area contributed by atoms with Gasteiger partial charge in [-0.15, -0.1) is 0 Å². The number of hydrogen-bond acceptors (Lipinski definition) is 4. The number of unbranched alkanes of at least 4 members (excludes halogenated alkanes) is 23. The number of aliphatic carboxylic acids is 1. The van der Waals surface area contributed by atoms with Gasteiger partial charge in [-0.25, -0.2) is 0 Å². The monoisotopic (exact) mass is 810 g/mol. The van der Waals surface area contributed by atoms with Gasteiger partial charge < -0.3 is 15.2 Å². The fourth-order valence-corrected chi connectivity index (χ4v) is 7.09. The maximum atomic E-state index is 12.8. The third kappa shape index (κ3) is 45.8. The number of esters is 1. The Kier molecular flexibility index (Phi) is 44.5. The van der Waals surface area contributed by atoms with Crippen LogP contribution in [-0.4, -0.2) is 35.6 Å². The second kappa shape index (κ2) is 46.8. The van der Waals surface area contributed by atoms with E-state index in [1.807, 2.05) is 0 Å². The molecule has 2 N–H and O–H groups in total. The van der Waals surface area contributed by atoms with Gasteiger partial charge in [-0.05, 0) is 103 Å². The smallest absolute Gasteiger partial charge is 0.322 e. The van der Waals surface area contributed by atoms with E-state index in [0.29, 0.717) is 12.8 Å². The quantitative estimate of drug-likeness (QED) is 0.0363. The predicted octanol–water partition coefficient (Wildman–Crippen LogP) is 15.6. The van der Waals surface area contributed by atoms with Gasteiger partial charge in [-0.1, -0.05) is 184 Å². The third-order valence-corrected chi connectivity index (χ3v) is 10.7. The molecule has 0 aromatic carbocycles. The molecule has 0 saturated carbocycles. The third-order valence-electron chi connectivity index (χ3n) is 10.7. The normalized spacial score (nSPS) is 12.6. The van der Waals surface area contributed by atoms with Crippen LogP contribution in [0.25, 0.3) is 0 Å². The molecule has 0 aliphatic heterocycles. The molecular formula is C52H91NO5. The highest BCUT2D eigenvalue weighted by atomic mass is 16.5. The van der Waals surface area contributed by atoms with E-state index in [1.54, 1.807) is 0 Å². The van der Waals surface area contributed by atoms with E-state index in [2.05, 4.69) is 79.9 Å². The van der Waals surface area contributed by atoms with E-state index in [0.717, 1.165) is 96.3 Å². The van der Waals surface area contributed by atoms with E-state index in [4.69, 9.17) is 9.84 Å². The van der Waals surface area contributed by atoms with Crippen molar-refractivity contribution in [2.45, 2.75) is 245 Å². The molecular weight excluding hydrogens is 719 g/mol. The van der Waals surface area contributed by atoms with Gasteiger partial charge in [0.05, 0.1) is 0 Å². The summed E-state index contributed by atoms with van der Waals surface area (Å²) in [5, 5.41) is 11.1. The van der Waals surface area contributed by atoms with Crippen molar-refractivity contribution in [3.63, 3.8) is 0 Å². The highest BCUT2D eigenvalue weighted by molar-refractivity contribution is 5.80. The highest BCUT2D eigenvalue weighted by Crippen LogP contribution is 2.19. The summed E-state index contributed by atoms with van der Waals surface area (Å²) >= 11 is 0. The molecule has 1 unspecified atom stereocenters. The number of carboxylic acid groups (broad SMARTS) is 1. The van der Waals surface area contributed by atoms with Crippen molar-refractivity contribution in [2.75, 3.05) is 6.54 Å². The first-order valence-corrected chi connectivity index (χ1v) is 24.4. The number of ether oxygens (including phenoxy) is 1. The number of carboxylic acids is 1. The van der Waals surface area contributed by atoms with Crippen molar-refractivity contribution < 1.29 is 24.2 Å². The molecule has 0 aromatic heterocycles. The SMILES string of the molecule is CC/C=C\C/C=C\C/C=C\C/C=C\CCCCCCCCCCC(=O)OC(CCCCC/C=C\CCCCCCCCCC)CCCCCCCC(=O)NCC(=O)O. The average Bonchev–Trinajstić information content (AvgIpc) is 3.21. The van der Waals surface area contributed by atoms with Gasteiger partial charge in [0.25, 0.3) is 0 Å². The number of carbonyl (C=O) groups is 3. The summed E-state index contributed by atoms with van der Waals surface area (Å²) in [6.07, 6.45) is 62.1. The van der Waals surface area contributed by atoms with E-state index in [-0.39, 0.29) is 24.5 Å². The molecule has 6 nitrogen and oxygen atoms in total. The summed E-state index contributed by atoms with van der Waals surface area (Å²) in [6, 6.07) is 0. The first kappa shape index (κ1) is 55.1. The van der Waals surface area contributed by atoms with Gasteiger partial charge in [-0.3, -0.25) is 14.4 Å². The Morgan fingerprint density at radius 3 is 1.33 bits per heavy atom. The molecule has 0 aliphatic carbocycles. The molecule has 334 valence electrons. The lowest BCUT2D eigenvalue weighted by Gasteiger charge is -2.18. The fourth-order valence-electron chi connectivity index (χ4n) is 7.09. The second-order valence-electron chi connectivity index (χ2n) is 16.3. The molecule has 0 heterocycles. The molecule has 1 amide bonds. The molecule has 0 saturated heterocycles. The standard InChI is InChI=1S/C52H91NO5/c1-3-5-7-9-11-13-15-17-19-20-21-22-23-24-26-28-30-32-34-39-43-47-52(57)58-49(45-41-37-35-38-42-46-50(54)53-48-51(55)56)44-40-36-33-31-29-27-25-18-16-14-12-10-8-6-4-2/h5,7,11,13,17,19,21-22,27,29,49H,3-4,6,8-10,12,14-16,18,20,23-26,28,30-48H2,1-2H3,(H,53,54)(H,55,56)/b7-5-,13-11-,19-17-,22-21-,29-27-. The Morgan fingerprint density at radius 2 is 0.845 bits per heavy atom. The van der Waals surface area contributed by atoms with Gasteiger partial charge in [0.1, 0.15) is 12.6 Å². The molecule has 0 radical (unpaired) electrons. The van der Waals surface area contributed by atoms with Crippen LogP contribution < -0.4 is 5.32 Å². The highest BCUT2D eigenvalue weighted by Gasteiger charge is 2.14. The first-order chi connectivity index (χ1) is 28.5. The van der Waals surface area contributed by atoms with Crippen molar-refractivity contribution in [3.05, 3.63) is 60.8 Å². The predicted molar refractivity (Wildman–Crippen MR) is 249 cm³/mol. The van der Waals surface area contributed by atoms with Crippen LogP contribution in [0.2, 0.25) is 0 Å². The van der Waals surface area contributed by atoms with Gasteiger partial charge in [0, 0.05) is 12.8 Å². The lowest BCUT2D eigenvalue weighted by atomic mass is 10.0. The van der Waals surface area contributed by atoms with Crippen LogP contribution in [0.4, 0.5) is 0 Å². The van der Waals surface area contributed by atoms with Crippen LogP contribution in [0.5, 0.6) is 0 Å². The van der Waals surface area contributed by atoms with E-state index >= 15 is 0 Å². The Labute approximate surface area is 358 Å². The summed E-state index contributed by atoms with van der Waals surface area (Å²) in [5.74, 6) is -1.25. The van der Waals surface area contributed by atoms with Gasteiger partial charge in [0.2, 0.25) is 5.91 Å². The molecule has 0 rings (SSSR count). The number of rotatable bonds is 44. The minimum atomic E-state index is -1.02. The zero-order valence-electron chi connectivity index (χ0n) is 37.9. The second-order valence-corrected chi connectivity index (χ2v) is 16.3. The van der Waals surface area contributed by atoms with Crippen LogP contribution in [0, 0.1) is 0 Å². The molecule has 6 heteroatoms. The lowest BCUT2D eigenvalue weighted by Crippen LogP contribution is -2.28. The molecule has 0 bridgehead atoms. The Morgan fingerprint density at radius 1 is 0.466 bits per heavy atom. The van der Waals surface area contributed by atoms with E-state index in [1.165, 1.54) is 116 Å². The molecule has 0 fully saturated rings. The zero-order valence-corrected chi connectivity index (χ0v) is 37.9. The summed E-state index contributed by atoms with van der Waals surface area (Å²) < 4.78 is 6.05. The number of hydrogen-bond donors (Lipinski definition) is 2.